The van der Waals surface area contributed by atoms with E-state index in [-0.39, 0.29) is 34.0 Å². The molecule has 6 heterocycles. The first kappa shape index (κ1) is 36.1. The lowest BCUT2D eigenvalue weighted by atomic mass is 10.1. The number of nitrogen functional groups attached to an aromatic ring is 2. The van der Waals surface area contributed by atoms with E-state index in [1.54, 1.807) is 0 Å². The van der Waals surface area contributed by atoms with Gasteiger partial charge < -0.3 is 56.0 Å². The highest BCUT2D eigenvalue weighted by Gasteiger charge is 2.48. The van der Waals surface area contributed by atoms with E-state index in [0.29, 0.717) is 0 Å². The van der Waals surface area contributed by atoms with Crippen molar-refractivity contribution in [1.29, 1.82) is 0 Å². The standard InChI is InChI=1S/C20H27N10O15P3S/c21-15-9-17(25-3-23-15)29(5-27-9)19-13(33)11(31)7(42-19)1-40-46(35,36)44-48(39,49)45-47(37,38)41-2-8-12(32)14(34)20(43-8)30-6-28-10-16(22)24-4-26-18(10)30/h3-8,11-14,19-20,31-34H,1-2H2,(H,35,36)(H,37,38)(H,39,49)(H2,21,23,25)(H2,22,24,26)/t7-,8+,11-,12+,13-,14+,19-,20+,48?. The largest absolute Gasteiger partial charge is 0.479 e. The Labute approximate surface area is 277 Å². The minimum atomic E-state index is -5.41. The summed E-state index contributed by atoms with van der Waals surface area (Å²) in [6.07, 6.45) is -7.47. The van der Waals surface area contributed by atoms with E-state index in [2.05, 4.69) is 50.3 Å². The van der Waals surface area contributed by atoms with Gasteiger partial charge in [0.2, 0.25) is 0 Å². The van der Waals surface area contributed by atoms with Crippen molar-refractivity contribution in [2.75, 3.05) is 24.7 Å². The fourth-order valence-electron chi connectivity index (χ4n) is 4.96. The van der Waals surface area contributed by atoms with E-state index in [4.69, 9.17) is 30.0 Å². The maximum atomic E-state index is 12.6. The zero-order valence-corrected chi connectivity index (χ0v) is 27.7. The minimum absolute atomic E-state index is 0.0355. The molecule has 0 radical (unpaired) electrons. The predicted molar refractivity (Wildman–Crippen MR) is 162 cm³/mol. The Morgan fingerprint density at radius 3 is 1.47 bits per heavy atom. The van der Waals surface area contributed by atoms with Crippen LogP contribution < -0.4 is 11.5 Å². The average Bonchev–Trinajstić information content (AvgIpc) is 3.77. The van der Waals surface area contributed by atoms with Gasteiger partial charge in [0.15, 0.2) is 35.4 Å². The Morgan fingerprint density at radius 1 is 0.694 bits per heavy atom. The van der Waals surface area contributed by atoms with Crippen LogP contribution in [0.5, 0.6) is 0 Å². The summed E-state index contributed by atoms with van der Waals surface area (Å²) in [6, 6.07) is 0. The zero-order valence-electron chi connectivity index (χ0n) is 24.2. The molecule has 4 aromatic rings. The molecule has 2 fully saturated rings. The predicted octanol–water partition coefficient (Wildman–Crippen LogP) is -2.45. The lowest BCUT2D eigenvalue weighted by Crippen LogP contribution is -2.33. The van der Waals surface area contributed by atoms with Gasteiger partial charge in [-0.05, 0) is 11.8 Å². The quantitative estimate of drug-likeness (QED) is 0.0675. The number of anilines is 2. The molecule has 3 unspecified atom stereocenters. The van der Waals surface area contributed by atoms with Crippen LogP contribution in [0.3, 0.4) is 0 Å². The summed E-state index contributed by atoms with van der Waals surface area (Å²) in [5, 5.41) is 42.0. The molecule has 0 aliphatic carbocycles. The van der Waals surface area contributed by atoms with Crippen LogP contribution in [0.15, 0.2) is 25.3 Å². The molecule has 25 nitrogen and oxygen atoms in total. The van der Waals surface area contributed by atoms with Gasteiger partial charge in [0, 0.05) is 0 Å². The van der Waals surface area contributed by atoms with Crippen molar-refractivity contribution in [3.8, 4) is 0 Å². The van der Waals surface area contributed by atoms with Crippen molar-refractivity contribution in [2.24, 2.45) is 0 Å². The van der Waals surface area contributed by atoms with Crippen LogP contribution >= 0.6 is 22.4 Å². The van der Waals surface area contributed by atoms with Crippen molar-refractivity contribution in [3.63, 3.8) is 0 Å². The molecule has 2 aliphatic heterocycles. The van der Waals surface area contributed by atoms with Crippen LogP contribution in [0.25, 0.3) is 22.3 Å². The topological polar surface area (TPSA) is 370 Å². The van der Waals surface area contributed by atoms with E-state index in [0.717, 1.165) is 12.7 Å². The number of hydrogen-bond donors (Lipinski definition) is 9. The Kier molecular flexibility index (Phi) is 9.90. The summed E-state index contributed by atoms with van der Waals surface area (Å²) in [6.45, 7) is -6.97. The van der Waals surface area contributed by atoms with Gasteiger partial charge in [-0.2, -0.15) is 0 Å². The number of nitrogens with zero attached hydrogens (tertiary/aromatic N) is 8. The van der Waals surface area contributed by atoms with Gasteiger partial charge >= 0.3 is 22.4 Å². The van der Waals surface area contributed by atoms with Crippen molar-refractivity contribution < 1.29 is 71.4 Å². The summed E-state index contributed by atoms with van der Waals surface area (Å²) >= 11 is 4.57. The maximum absolute atomic E-state index is 12.6. The summed E-state index contributed by atoms with van der Waals surface area (Å²) < 4.78 is 57.0. The molecule has 2 saturated heterocycles. The highest BCUT2D eigenvalue weighted by molar-refractivity contribution is 8.09. The normalized spacial score (nSPS) is 31.2. The number of imidazole rings is 2. The van der Waals surface area contributed by atoms with Crippen LogP contribution in [-0.2, 0) is 48.1 Å². The number of aliphatic hydroxyl groups excluding tert-OH is 4. The number of phosphoric ester groups is 2. The summed E-state index contributed by atoms with van der Waals surface area (Å²) in [5.74, 6) is 0.0710. The van der Waals surface area contributed by atoms with E-state index in [1.807, 2.05) is 0 Å². The fourth-order valence-corrected chi connectivity index (χ4v) is 10.0. The molecule has 0 amide bonds. The van der Waals surface area contributed by atoms with Crippen LogP contribution in [0.4, 0.5) is 11.6 Å². The van der Waals surface area contributed by atoms with Crippen LogP contribution in [-0.4, -0.2) is 124 Å². The van der Waals surface area contributed by atoms with Gasteiger partial charge in [-0.25, -0.2) is 47.7 Å². The third-order valence-electron chi connectivity index (χ3n) is 7.21. The lowest BCUT2D eigenvalue weighted by Gasteiger charge is -2.23. The molecule has 4 aromatic heterocycles. The van der Waals surface area contributed by atoms with Gasteiger partial charge in [-0.15, -0.1) is 0 Å². The zero-order chi connectivity index (χ0) is 35.5. The third kappa shape index (κ3) is 7.37. The molecule has 2 aliphatic rings. The molecule has 49 heavy (non-hydrogen) atoms. The second-order valence-corrected chi connectivity index (χ2v) is 16.4. The van der Waals surface area contributed by atoms with E-state index < -0.39 is 84.7 Å². The van der Waals surface area contributed by atoms with Gasteiger partial charge in [-0.1, -0.05) is 0 Å². The smallest absolute Gasteiger partial charge is 0.387 e. The van der Waals surface area contributed by atoms with E-state index in [1.165, 1.54) is 21.8 Å². The monoisotopic (exact) mass is 772 g/mol. The Balaban J connectivity index is 1.03. The van der Waals surface area contributed by atoms with Crippen LogP contribution in [0.1, 0.15) is 12.5 Å². The summed E-state index contributed by atoms with van der Waals surface area (Å²) in [4.78, 5) is 54.2. The van der Waals surface area contributed by atoms with Crippen molar-refractivity contribution >= 4 is 68.1 Å². The number of hydrogen-bond acceptors (Lipinski definition) is 21. The average molecular weight is 772 g/mol. The first-order valence-corrected chi connectivity index (χ1v) is 19.1. The summed E-state index contributed by atoms with van der Waals surface area (Å²) in [5.41, 5.74) is 12.2. The molecule has 0 aromatic carbocycles. The minimum Gasteiger partial charge on any atom is -0.387 e. The maximum Gasteiger partial charge on any atom is 0.479 e. The Hall–Kier alpha value is -2.71. The Bertz CT molecular complexity index is 1870. The molecule has 0 spiro atoms. The lowest BCUT2D eigenvalue weighted by molar-refractivity contribution is -0.0508. The molecule has 11 N–H and O–H groups in total. The Morgan fingerprint density at radius 2 is 1.08 bits per heavy atom. The third-order valence-corrected chi connectivity index (χ3v) is 12.7. The molecular weight excluding hydrogens is 745 g/mol. The number of aromatic nitrogens is 8. The highest BCUT2D eigenvalue weighted by Crippen LogP contribution is 2.68. The van der Waals surface area contributed by atoms with E-state index in [9.17, 15) is 44.2 Å². The number of aliphatic hydroxyl groups is 4. The first-order chi connectivity index (χ1) is 23.0. The number of rotatable bonds is 12. The van der Waals surface area contributed by atoms with Crippen molar-refractivity contribution in [1.82, 2.24) is 39.0 Å². The second kappa shape index (κ2) is 13.4. The van der Waals surface area contributed by atoms with Gasteiger partial charge in [-0.3, -0.25) is 18.2 Å². The van der Waals surface area contributed by atoms with Crippen molar-refractivity contribution in [3.05, 3.63) is 25.3 Å². The molecular formula is C20H27N10O15P3S. The molecule has 0 bridgehead atoms. The molecule has 0 saturated carbocycles. The number of fused-ring (bicyclic) bond motifs is 2. The van der Waals surface area contributed by atoms with Crippen LogP contribution in [0.2, 0.25) is 0 Å². The summed E-state index contributed by atoms with van der Waals surface area (Å²) in [7, 11) is -10.8. The SMILES string of the molecule is Nc1ncnc2c1ncn2[C@@H]1O[C@H](COP(=O)(O)OP(O)(=S)OP(=O)(O)OC[C@@H]2O[C@H](n3cnc4c(N)ncnc43)[C@@H](O)[C@H]2O)[C@@H](O)[C@H]1O. The van der Waals surface area contributed by atoms with Gasteiger partial charge in [0.25, 0.3) is 0 Å². The van der Waals surface area contributed by atoms with Crippen molar-refractivity contribution in [2.45, 2.75) is 49.1 Å². The van der Waals surface area contributed by atoms with Gasteiger partial charge in [0.1, 0.15) is 60.3 Å². The van der Waals surface area contributed by atoms with Crippen LogP contribution in [0, 0.1) is 0 Å². The fraction of sp³-hybridized carbons (Fsp3) is 0.500. The first-order valence-electron chi connectivity index (χ1n) is 13.6. The molecule has 11 atom stereocenters. The number of ether oxygens (including phenoxy) is 2. The van der Waals surface area contributed by atoms with E-state index >= 15 is 0 Å². The highest BCUT2D eigenvalue weighted by atomic mass is 32.5. The number of nitrogens with two attached hydrogens (primary N) is 2. The van der Waals surface area contributed by atoms with Gasteiger partial charge in [0.05, 0.1) is 25.9 Å². The molecule has 6 rings (SSSR count). The number of phosphoric acid groups is 2. The molecule has 268 valence electrons. The molecule has 29 heteroatoms. The second-order valence-electron chi connectivity index (χ2n) is 10.4.